The lowest BCUT2D eigenvalue weighted by molar-refractivity contribution is 0.0513. The van der Waals surface area contributed by atoms with Gasteiger partial charge in [0.05, 0.1) is 22.0 Å². The Hall–Kier alpha value is -1.89. The second kappa shape index (κ2) is 7.34. The molecule has 130 valence electrons. The molecule has 0 unspecified atom stereocenters. The van der Waals surface area contributed by atoms with Crippen molar-refractivity contribution in [3.05, 3.63) is 29.8 Å². The molecule has 0 radical (unpaired) electrons. The molecule has 1 fully saturated rings. The van der Waals surface area contributed by atoms with Crippen LogP contribution in [0.25, 0.3) is 0 Å². The molecule has 1 aliphatic rings. The molecule has 0 aliphatic carbocycles. The van der Waals surface area contributed by atoms with Crippen LogP contribution in [0, 0.1) is 12.3 Å². The number of ether oxygens (including phenoxy) is 1. The summed E-state index contributed by atoms with van der Waals surface area (Å²) in [6, 6.07) is 4.69. The number of nitrogens with one attached hydrogen (secondary N) is 1. The highest BCUT2D eigenvalue weighted by Crippen LogP contribution is 2.17. The lowest BCUT2D eigenvalue weighted by Crippen LogP contribution is -2.35. The molecule has 9 heteroatoms. The van der Waals surface area contributed by atoms with Gasteiger partial charge in [0.15, 0.2) is 9.84 Å². The molecule has 0 aromatic heterocycles. The maximum atomic E-state index is 12.3. The first-order chi connectivity index (χ1) is 11.2. The van der Waals surface area contributed by atoms with Gasteiger partial charge >= 0.3 is 5.97 Å². The highest BCUT2D eigenvalue weighted by atomic mass is 32.2. The number of esters is 1. The summed E-state index contributed by atoms with van der Waals surface area (Å²) in [6.45, 7) is 0.0461. The second-order valence-electron chi connectivity index (χ2n) is 5.34. The summed E-state index contributed by atoms with van der Waals surface area (Å²) in [5.74, 6) is 1.39. The van der Waals surface area contributed by atoms with Crippen LogP contribution in [-0.2, 0) is 24.6 Å². The normalized spacial score (nSPS) is 19.5. The van der Waals surface area contributed by atoms with Crippen molar-refractivity contribution in [2.45, 2.75) is 23.8 Å². The van der Waals surface area contributed by atoms with Crippen molar-refractivity contribution in [1.29, 1.82) is 0 Å². The van der Waals surface area contributed by atoms with E-state index in [9.17, 15) is 21.6 Å². The van der Waals surface area contributed by atoms with Crippen LogP contribution in [0.15, 0.2) is 29.2 Å². The van der Waals surface area contributed by atoms with Crippen LogP contribution in [0.3, 0.4) is 0 Å². The van der Waals surface area contributed by atoms with Gasteiger partial charge in [-0.05, 0) is 24.6 Å². The first-order valence-electron chi connectivity index (χ1n) is 7.17. The van der Waals surface area contributed by atoms with Gasteiger partial charge in [-0.25, -0.2) is 26.4 Å². The van der Waals surface area contributed by atoms with E-state index in [0.29, 0.717) is 0 Å². The van der Waals surface area contributed by atoms with Gasteiger partial charge in [-0.2, -0.15) is 0 Å². The summed E-state index contributed by atoms with van der Waals surface area (Å²) in [4.78, 5) is 11.7. The van der Waals surface area contributed by atoms with Crippen LogP contribution >= 0.6 is 0 Å². The molecule has 1 heterocycles. The monoisotopic (exact) mass is 371 g/mol. The summed E-state index contributed by atoms with van der Waals surface area (Å²) in [6.07, 6.45) is 5.56. The predicted molar refractivity (Wildman–Crippen MR) is 87.6 cm³/mol. The van der Waals surface area contributed by atoms with Crippen molar-refractivity contribution >= 4 is 25.8 Å². The molecule has 7 nitrogen and oxygen atoms in total. The number of rotatable bonds is 6. The molecule has 1 aromatic rings. The number of hydrogen-bond acceptors (Lipinski definition) is 6. The molecule has 0 saturated carbocycles. The Bertz CT molecular complexity index is 867. The number of sulfonamides is 1. The van der Waals surface area contributed by atoms with E-state index in [4.69, 9.17) is 11.2 Å². The number of benzene rings is 1. The topological polar surface area (TPSA) is 107 Å². The van der Waals surface area contributed by atoms with Crippen LogP contribution < -0.4 is 4.72 Å². The molecule has 2 rings (SSSR count). The van der Waals surface area contributed by atoms with Crippen molar-refractivity contribution in [3.8, 4) is 12.3 Å². The third-order valence-electron chi connectivity index (χ3n) is 3.41. The van der Waals surface area contributed by atoms with Gasteiger partial charge in [-0.1, -0.05) is 6.07 Å². The van der Waals surface area contributed by atoms with Crippen LogP contribution in [0.4, 0.5) is 0 Å². The summed E-state index contributed by atoms with van der Waals surface area (Å²) in [5.41, 5.74) is 0.0777. The van der Waals surface area contributed by atoms with Crippen molar-refractivity contribution in [1.82, 2.24) is 4.72 Å². The Balaban J connectivity index is 2.12. The minimum absolute atomic E-state index is 0.0399. The molecule has 1 atom stereocenters. The first-order valence-corrected chi connectivity index (χ1v) is 10.5. The minimum Gasteiger partial charge on any atom is -0.461 e. The molecule has 0 spiro atoms. The number of hydrogen-bond donors (Lipinski definition) is 1. The Labute approximate surface area is 141 Å². The minimum atomic E-state index is -3.93. The van der Waals surface area contributed by atoms with Gasteiger partial charge in [0, 0.05) is 12.5 Å². The quantitative estimate of drug-likeness (QED) is 0.439. The van der Waals surface area contributed by atoms with Crippen molar-refractivity contribution in [2.75, 3.05) is 18.1 Å². The number of carbonyl (C=O) groups excluding carboxylic acids is 1. The largest absolute Gasteiger partial charge is 0.461 e. The average Bonchev–Trinajstić information content (AvgIpc) is 2.85. The van der Waals surface area contributed by atoms with E-state index in [2.05, 4.69) is 10.6 Å². The van der Waals surface area contributed by atoms with Gasteiger partial charge in [0.25, 0.3) is 0 Å². The highest BCUT2D eigenvalue weighted by molar-refractivity contribution is 7.92. The molecule has 1 aromatic carbocycles. The van der Waals surface area contributed by atoms with Crippen LogP contribution in [-0.4, -0.2) is 47.0 Å². The van der Waals surface area contributed by atoms with Gasteiger partial charge in [0.1, 0.15) is 6.61 Å². The highest BCUT2D eigenvalue weighted by Gasteiger charge is 2.31. The van der Waals surface area contributed by atoms with E-state index in [1.807, 2.05) is 0 Å². The fraction of sp³-hybridized carbons (Fsp3) is 0.400. The zero-order valence-corrected chi connectivity index (χ0v) is 14.4. The molecular weight excluding hydrogens is 354 g/mol. The zero-order chi connectivity index (χ0) is 17.8. The number of carbonyl (C=O) groups is 1. The van der Waals surface area contributed by atoms with Crippen LogP contribution in [0.1, 0.15) is 23.2 Å². The lowest BCUT2D eigenvalue weighted by Gasteiger charge is -2.12. The second-order valence-corrected chi connectivity index (χ2v) is 9.28. The van der Waals surface area contributed by atoms with Gasteiger partial charge in [-0.15, -0.1) is 12.3 Å². The van der Waals surface area contributed by atoms with Crippen molar-refractivity contribution < 1.29 is 26.4 Å². The molecule has 0 amide bonds. The third-order valence-corrected chi connectivity index (χ3v) is 6.70. The first kappa shape index (κ1) is 18.4. The van der Waals surface area contributed by atoms with E-state index in [0.717, 1.165) is 0 Å². The molecule has 1 aliphatic heterocycles. The van der Waals surface area contributed by atoms with Crippen LogP contribution in [0.2, 0.25) is 0 Å². The molecule has 1 saturated heterocycles. The fourth-order valence-electron chi connectivity index (χ4n) is 2.25. The summed E-state index contributed by atoms with van der Waals surface area (Å²) >= 11 is 0. The fourth-order valence-corrected chi connectivity index (χ4v) is 5.35. The van der Waals surface area contributed by atoms with Gasteiger partial charge in [-0.3, -0.25) is 0 Å². The molecular formula is C15H17NO6S2. The summed E-state index contributed by atoms with van der Waals surface area (Å²) in [7, 11) is -7.13. The molecule has 1 N–H and O–H groups in total. The zero-order valence-electron chi connectivity index (χ0n) is 12.8. The Morgan fingerprint density at radius 3 is 2.79 bits per heavy atom. The maximum absolute atomic E-state index is 12.3. The van der Waals surface area contributed by atoms with Crippen molar-refractivity contribution in [3.63, 3.8) is 0 Å². The molecule has 24 heavy (non-hydrogen) atoms. The number of terminal acetylenes is 1. The van der Waals surface area contributed by atoms with E-state index >= 15 is 0 Å². The Morgan fingerprint density at radius 1 is 1.42 bits per heavy atom. The average molecular weight is 371 g/mol. The molecule has 0 bridgehead atoms. The smallest absolute Gasteiger partial charge is 0.338 e. The van der Waals surface area contributed by atoms with Gasteiger partial charge < -0.3 is 4.74 Å². The maximum Gasteiger partial charge on any atom is 0.338 e. The number of sulfone groups is 1. The van der Waals surface area contributed by atoms with Crippen LogP contribution in [0.5, 0.6) is 0 Å². The van der Waals surface area contributed by atoms with E-state index in [1.165, 1.54) is 24.3 Å². The summed E-state index contributed by atoms with van der Waals surface area (Å²) in [5, 5.41) is 0. The Kier molecular flexibility index (Phi) is 5.64. The van der Waals surface area contributed by atoms with Crippen molar-refractivity contribution in [2.24, 2.45) is 0 Å². The standard InChI is InChI=1S/C15H17NO6S2/c1-2-3-8-22-15(17)12-5-4-6-14(10-12)24(20,21)16-13-7-9-23(18,19)11-13/h1,4-6,10,13,16H,3,7-9,11H2/t13-/m1/s1. The van der Waals surface area contributed by atoms with Gasteiger partial charge in [0.2, 0.25) is 10.0 Å². The van der Waals surface area contributed by atoms with E-state index in [1.54, 1.807) is 0 Å². The lowest BCUT2D eigenvalue weighted by atomic mass is 10.2. The van der Waals surface area contributed by atoms with E-state index < -0.39 is 31.9 Å². The predicted octanol–water partition coefficient (Wildman–Crippen LogP) is 0.332. The Morgan fingerprint density at radius 2 is 2.17 bits per heavy atom. The summed E-state index contributed by atoms with van der Waals surface area (Å²) < 4.78 is 54.8. The van der Waals surface area contributed by atoms with E-state index in [-0.39, 0.29) is 41.4 Å². The third kappa shape index (κ3) is 4.80. The SMILES string of the molecule is C#CCCOC(=O)c1cccc(S(=O)(=O)N[C@@H]2CCS(=O)(=O)C2)c1.